The smallest absolute Gasteiger partial charge is 0.238 e. The van der Waals surface area contributed by atoms with E-state index in [1.54, 1.807) is 0 Å². The van der Waals surface area contributed by atoms with Crippen molar-refractivity contribution in [3.05, 3.63) is 255 Å². The van der Waals surface area contributed by atoms with Crippen LogP contribution >= 0.6 is 0 Å². The second-order valence-electron chi connectivity index (χ2n) is 18.3. The van der Waals surface area contributed by atoms with Crippen LogP contribution in [0.15, 0.2) is 255 Å². The first-order valence-corrected chi connectivity index (χ1v) is 24.3. The number of rotatable bonds is 8. The van der Waals surface area contributed by atoms with Crippen molar-refractivity contribution in [1.29, 1.82) is 0 Å². The Morgan fingerprint density at radius 2 is 0.736 bits per heavy atom. The lowest BCUT2D eigenvalue weighted by Crippen LogP contribution is -2.07. The van der Waals surface area contributed by atoms with Gasteiger partial charge in [0.05, 0.1) is 33.5 Å². The maximum Gasteiger partial charge on any atom is 0.238 e. The number of benzene rings is 10. The van der Waals surface area contributed by atoms with Crippen molar-refractivity contribution in [3.8, 4) is 79.2 Å². The van der Waals surface area contributed by atoms with Crippen LogP contribution < -0.4 is 0 Å². The number of hydrogen-bond donors (Lipinski definition) is 0. The van der Waals surface area contributed by atoms with Gasteiger partial charge < -0.3 is 4.57 Å². The maximum atomic E-state index is 5.45. The van der Waals surface area contributed by atoms with Gasteiger partial charge in [-0.15, -0.1) is 0 Å². The second kappa shape index (κ2) is 17.0. The van der Waals surface area contributed by atoms with Gasteiger partial charge >= 0.3 is 0 Å². The van der Waals surface area contributed by atoms with Crippen molar-refractivity contribution >= 4 is 54.4 Å². The second-order valence-corrected chi connectivity index (χ2v) is 18.3. The fraction of sp³-hybridized carbons (Fsp3) is 0. The summed E-state index contributed by atoms with van der Waals surface area (Å²) in [6.07, 6.45) is 0. The Kier molecular flexibility index (Phi) is 9.74. The Morgan fingerprint density at radius 3 is 1.46 bits per heavy atom. The van der Waals surface area contributed by atoms with E-state index in [0.29, 0.717) is 17.6 Å². The molecule has 4 heterocycles. The van der Waals surface area contributed by atoms with E-state index in [-0.39, 0.29) is 0 Å². The molecule has 0 aliphatic heterocycles. The van der Waals surface area contributed by atoms with Crippen LogP contribution in [-0.4, -0.2) is 29.1 Å². The molecule has 0 aliphatic rings. The van der Waals surface area contributed by atoms with E-state index < -0.39 is 0 Å². The highest BCUT2D eigenvalue weighted by Gasteiger charge is 2.24. The van der Waals surface area contributed by atoms with Crippen molar-refractivity contribution in [2.24, 2.45) is 0 Å². The van der Waals surface area contributed by atoms with Crippen LogP contribution in [0.25, 0.3) is 134 Å². The first kappa shape index (κ1) is 41.2. The molecule has 14 aromatic rings. The third kappa shape index (κ3) is 7.04. The van der Waals surface area contributed by atoms with Gasteiger partial charge in [0.2, 0.25) is 5.95 Å². The van der Waals surface area contributed by atoms with Gasteiger partial charge in [-0.25, -0.2) is 9.97 Å². The first-order chi connectivity index (χ1) is 35.7. The third-order valence-corrected chi connectivity index (χ3v) is 13.9. The summed E-state index contributed by atoms with van der Waals surface area (Å²) in [6.45, 7) is 0. The maximum absolute atomic E-state index is 5.45. The van der Waals surface area contributed by atoms with Crippen LogP contribution in [0.1, 0.15) is 0 Å². The molecular formula is C66H42N6. The van der Waals surface area contributed by atoms with Gasteiger partial charge in [-0.2, -0.15) is 9.97 Å². The molecular weight excluding hydrogens is 877 g/mol. The number of nitrogens with zero attached hydrogens (tertiary/aromatic N) is 6. The van der Waals surface area contributed by atoms with Gasteiger partial charge in [0.25, 0.3) is 0 Å². The summed E-state index contributed by atoms with van der Waals surface area (Å²) in [5.41, 5.74) is 15.5. The fourth-order valence-corrected chi connectivity index (χ4v) is 10.5. The molecule has 4 aromatic heterocycles. The molecule has 0 aliphatic carbocycles. The van der Waals surface area contributed by atoms with Crippen LogP contribution in [0.3, 0.4) is 0 Å². The summed E-state index contributed by atoms with van der Waals surface area (Å²) in [7, 11) is 0. The van der Waals surface area contributed by atoms with Gasteiger partial charge in [0, 0.05) is 49.5 Å². The summed E-state index contributed by atoms with van der Waals surface area (Å²) < 4.78 is 4.69. The highest BCUT2D eigenvalue weighted by Crippen LogP contribution is 2.42. The van der Waals surface area contributed by atoms with Crippen LogP contribution in [0.5, 0.6) is 0 Å². The zero-order valence-electron chi connectivity index (χ0n) is 38.9. The molecule has 336 valence electrons. The summed E-state index contributed by atoms with van der Waals surface area (Å²) in [5, 5.41) is 6.99. The summed E-state index contributed by atoms with van der Waals surface area (Å²) in [6, 6.07) is 90.0. The Hall–Kier alpha value is -9.78. The standard InChI is InChI=1S/C66H42N6/c1-3-18-44(19-4-1)58-31-16-32-59(67-58)51-26-14-27-52(41-51)65-68-64(45-20-5-2-6-21-45)69-66(70-65)72-61-34-12-10-30-55(61)57-38-37-56-54-29-9-11-33-60(54)71(62(56)63(57)72)53-28-15-25-49(42-53)47-23-13-24-48(40-47)50-36-35-43-17-7-8-22-46(43)39-50/h1-42H. The normalized spacial score (nSPS) is 11.6. The van der Waals surface area contributed by atoms with E-state index in [0.717, 1.165) is 94.1 Å². The van der Waals surface area contributed by atoms with Crippen molar-refractivity contribution in [1.82, 2.24) is 29.1 Å². The molecule has 0 fully saturated rings. The van der Waals surface area contributed by atoms with Crippen molar-refractivity contribution < 1.29 is 0 Å². The number of fused-ring (bicyclic) bond motifs is 8. The van der Waals surface area contributed by atoms with E-state index in [1.807, 2.05) is 36.4 Å². The highest BCUT2D eigenvalue weighted by molar-refractivity contribution is 6.23. The third-order valence-electron chi connectivity index (χ3n) is 13.9. The van der Waals surface area contributed by atoms with Crippen molar-refractivity contribution in [3.63, 3.8) is 0 Å². The molecule has 0 amide bonds. The van der Waals surface area contributed by atoms with Gasteiger partial charge in [-0.05, 0) is 87.6 Å². The van der Waals surface area contributed by atoms with Crippen LogP contribution in [0, 0.1) is 0 Å². The zero-order chi connectivity index (χ0) is 47.5. The topological polar surface area (TPSA) is 61.4 Å². The molecule has 10 aromatic carbocycles. The average molecular weight is 919 g/mol. The lowest BCUT2D eigenvalue weighted by atomic mass is 9.97. The molecule has 14 rings (SSSR count). The SMILES string of the molecule is c1ccc(-c2cccc(-c3cccc(-c4nc(-c5ccccc5)nc(-n5c6ccccc6c6ccc7c8ccccc8n(-c8cccc(-c9cccc(-c%10ccc%11ccccc%11c%10)c9)c8)c7c65)n4)c3)n2)cc1. The molecule has 0 saturated heterocycles. The van der Waals surface area contributed by atoms with Gasteiger partial charge in [-0.1, -0.05) is 200 Å². The van der Waals surface area contributed by atoms with Crippen LogP contribution in [0.4, 0.5) is 0 Å². The van der Waals surface area contributed by atoms with E-state index >= 15 is 0 Å². The molecule has 0 atom stereocenters. The van der Waals surface area contributed by atoms with E-state index in [9.17, 15) is 0 Å². The lowest BCUT2D eigenvalue weighted by molar-refractivity contribution is 0.953. The molecule has 6 nitrogen and oxygen atoms in total. The van der Waals surface area contributed by atoms with Gasteiger partial charge in [0.1, 0.15) is 0 Å². The Bertz CT molecular complexity index is 4400. The average Bonchev–Trinajstić information content (AvgIpc) is 3.99. The molecule has 72 heavy (non-hydrogen) atoms. The molecule has 0 unspecified atom stereocenters. The molecule has 0 bridgehead atoms. The predicted molar refractivity (Wildman–Crippen MR) is 296 cm³/mol. The number of pyridine rings is 1. The Morgan fingerprint density at radius 1 is 0.250 bits per heavy atom. The van der Waals surface area contributed by atoms with Crippen LogP contribution in [0.2, 0.25) is 0 Å². The van der Waals surface area contributed by atoms with Gasteiger partial charge in [0.15, 0.2) is 11.6 Å². The monoisotopic (exact) mass is 918 g/mol. The molecule has 0 radical (unpaired) electrons. The van der Waals surface area contributed by atoms with Gasteiger partial charge in [-0.3, -0.25) is 4.57 Å². The minimum absolute atomic E-state index is 0.531. The van der Waals surface area contributed by atoms with Crippen LogP contribution in [-0.2, 0) is 0 Å². The Labute approximate surface area is 415 Å². The number of aromatic nitrogens is 6. The zero-order valence-corrected chi connectivity index (χ0v) is 38.9. The summed E-state index contributed by atoms with van der Waals surface area (Å²) >= 11 is 0. The number of para-hydroxylation sites is 2. The largest absolute Gasteiger partial charge is 0.307 e. The summed E-state index contributed by atoms with van der Waals surface area (Å²) in [4.78, 5) is 21.2. The van der Waals surface area contributed by atoms with Crippen molar-refractivity contribution in [2.45, 2.75) is 0 Å². The minimum Gasteiger partial charge on any atom is -0.307 e. The number of hydrogen-bond acceptors (Lipinski definition) is 4. The Balaban J connectivity index is 0.977. The van der Waals surface area contributed by atoms with E-state index in [1.165, 1.54) is 21.9 Å². The van der Waals surface area contributed by atoms with E-state index in [4.69, 9.17) is 19.9 Å². The molecule has 0 spiro atoms. The molecule has 6 heteroatoms. The fourth-order valence-electron chi connectivity index (χ4n) is 10.5. The lowest BCUT2D eigenvalue weighted by Gasteiger charge is -2.14. The first-order valence-electron chi connectivity index (χ1n) is 24.3. The van der Waals surface area contributed by atoms with Crippen molar-refractivity contribution in [2.75, 3.05) is 0 Å². The summed E-state index contributed by atoms with van der Waals surface area (Å²) in [5.74, 6) is 1.68. The quantitative estimate of drug-likeness (QED) is 0.152. The molecule has 0 saturated carbocycles. The highest BCUT2D eigenvalue weighted by atomic mass is 15.2. The van der Waals surface area contributed by atoms with E-state index in [2.05, 4.69) is 228 Å². The minimum atomic E-state index is 0.531. The predicted octanol–water partition coefficient (Wildman–Crippen LogP) is 16.6. The molecule has 0 N–H and O–H groups in total.